The summed E-state index contributed by atoms with van der Waals surface area (Å²) >= 11 is 0. The van der Waals surface area contributed by atoms with Crippen molar-refractivity contribution in [1.29, 1.82) is 0 Å². The van der Waals surface area contributed by atoms with Crippen LogP contribution < -0.4 is 0 Å². The number of hydrogen-bond acceptors (Lipinski definition) is 4. The highest BCUT2D eigenvalue weighted by Gasteiger charge is 2.10. The number of ether oxygens (including phenoxy) is 1. The number of carboxylic acids is 1. The van der Waals surface area contributed by atoms with Gasteiger partial charge in [0.2, 0.25) is 0 Å². The number of halogens is 1. The summed E-state index contributed by atoms with van der Waals surface area (Å²) in [6.45, 7) is -0.727. The second kappa shape index (κ2) is 5.17. The topological polar surface area (TPSA) is 89.7 Å². The molecule has 7 heteroatoms. The summed E-state index contributed by atoms with van der Waals surface area (Å²) in [6, 6.07) is 2.96. The number of nitrogens with zero attached hydrogens (tertiary/aromatic N) is 1. The second-order valence-corrected chi connectivity index (χ2v) is 2.96. The molecular formula is C9H8FNO5. The van der Waals surface area contributed by atoms with Gasteiger partial charge in [-0.2, -0.15) is 0 Å². The zero-order valence-electron chi connectivity index (χ0n) is 8.05. The van der Waals surface area contributed by atoms with Crippen molar-refractivity contribution < 1.29 is 24.0 Å². The summed E-state index contributed by atoms with van der Waals surface area (Å²) in [6.07, 6.45) is 0. The van der Waals surface area contributed by atoms with Crippen LogP contribution in [0.3, 0.4) is 0 Å². The second-order valence-electron chi connectivity index (χ2n) is 2.96. The van der Waals surface area contributed by atoms with E-state index in [4.69, 9.17) is 5.11 Å². The molecule has 0 heterocycles. The molecule has 0 spiro atoms. The molecule has 0 saturated carbocycles. The smallest absolute Gasteiger partial charge is 0.329 e. The van der Waals surface area contributed by atoms with E-state index in [0.29, 0.717) is 0 Å². The third-order valence-electron chi connectivity index (χ3n) is 1.65. The Balaban J connectivity index is 2.72. The summed E-state index contributed by atoms with van der Waals surface area (Å²) < 4.78 is 17.6. The molecule has 0 saturated heterocycles. The van der Waals surface area contributed by atoms with Crippen LogP contribution >= 0.6 is 0 Å². The maximum absolute atomic E-state index is 12.9. The third kappa shape index (κ3) is 3.62. The molecule has 16 heavy (non-hydrogen) atoms. The largest absolute Gasteiger partial charge is 0.480 e. The quantitative estimate of drug-likeness (QED) is 0.607. The highest BCUT2D eigenvalue weighted by atomic mass is 19.1. The van der Waals surface area contributed by atoms with Crippen LogP contribution in [0.15, 0.2) is 18.2 Å². The first kappa shape index (κ1) is 12.1. The zero-order valence-corrected chi connectivity index (χ0v) is 8.05. The molecule has 0 bridgehead atoms. The van der Waals surface area contributed by atoms with Crippen molar-refractivity contribution in [3.05, 3.63) is 39.7 Å². The molecule has 86 valence electrons. The Morgan fingerprint density at radius 3 is 2.75 bits per heavy atom. The monoisotopic (exact) mass is 229 g/mol. The van der Waals surface area contributed by atoms with Gasteiger partial charge in [0.05, 0.1) is 17.6 Å². The van der Waals surface area contributed by atoms with Crippen molar-refractivity contribution in [1.82, 2.24) is 0 Å². The highest BCUT2D eigenvalue weighted by molar-refractivity contribution is 5.67. The lowest BCUT2D eigenvalue weighted by molar-refractivity contribution is -0.385. The molecule has 1 N–H and O–H groups in total. The van der Waals surface area contributed by atoms with Crippen LogP contribution in [0.2, 0.25) is 0 Å². The van der Waals surface area contributed by atoms with Gasteiger partial charge in [0.1, 0.15) is 12.4 Å². The Kier molecular flexibility index (Phi) is 3.90. The lowest BCUT2D eigenvalue weighted by Gasteiger charge is -2.02. The van der Waals surface area contributed by atoms with Crippen molar-refractivity contribution in [2.45, 2.75) is 6.61 Å². The molecule has 1 aromatic rings. The van der Waals surface area contributed by atoms with E-state index in [1.807, 2.05) is 0 Å². The molecule has 0 aliphatic carbocycles. The number of carbonyl (C=O) groups is 1. The van der Waals surface area contributed by atoms with Crippen LogP contribution in [0.4, 0.5) is 10.1 Å². The molecule has 1 rings (SSSR count). The predicted molar refractivity (Wildman–Crippen MR) is 50.3 cm³/mol. The first-order valence-corrected chi connectivity index (χ1v) is 4.22. The minimum Gasteiger partial charge on any atom is -0.480 e. The Bertz CT molecular complexity index is 420. The Morgan fingerprint density at radius 2 is 2.19 bits per heavy atom. The fourth-order valence-electron chi connectivity index (χ4n) is 1.08. The van der Waals surface area contributed by atoms with E-state index in [2.05, 4.69) is 4.74 Å². The average molecular weight is 229 g/mol. The number of benzene rings is 1. The number of carboxylic acid groups (broad SMARTS) is 1. The first-order valence-electron chi connectivity index (χ1n) is 4.22. The van der Waals surface area contributed by atoms with Gasteiger partial charge in [-0.1, -0.05) is 0 Å². The number of nitro groups is 1. The van der Waals surface area contributed by atoms with E-state index in [1.165, 1.54) is 0 Å². The van der Waals surface area contributed by atoms with Crippen LogP contribution in [0.1, 0.15) is 5.56 Å². The molecule has 0 aliphatic heterocycles. The van der Waals surface area contributed by atoms with Crippen molar-refractivity contribution >= 4 is 11.7 Å². The lowest BCUT2D eigenvalue weighted by Crippen LogP contribution is -2.07. The summed E-state index contributed by atoms with van der Waals surface area (Å²) in [5.41, 5.74) is -0.179. The third-order valence-corrected chi connectivity index (χ3v) is 1.65. The summed E-state index contributed by atoms with van der Waals surface area (Å²) in [4.78, 5) is 19.8. The zero-order chi connectivity index (χ0) is 12.1. The number of aliphatic carboxylic acids is 1. The van der Waals surface area contributed by atoms with Gasteiger partial charge < -0.3 is 9.84 Å². The molecule has 0 aliphatic rings. The van der Waals surface area contributed by atoms with Crippen molar-refractivity contribution in [3.63, 3.8) is 0 Å². The molecule has 0 amide bonds. The van der Waals surface area contributed by atoms with E-state index >= 15 is 0 Å². The first-order chi connectivity index (χ1) is 7.49. The van der Waals surface area contributed by atoms with E-state index < -0.39 is 29.0 Å². The highest BCUT2D eigenvalue weighted by Crippen LogP contribution is 2.16. The number of rotatable bonds is 5. The number of nitro benzene ring substituents is 1. The SMILES string of the molecule is O=C(O)COCc1cc(F)cc([N+](=O)[O-])c1. The van der Waals surface area contributed by atoms with Crippen molar-refractivity contribution in [2.75, 3.05) is 6.61 Å². The molecule has 0 unspecified atom stereocenters. The minimum atomic E-state index is -1.16. The van der Waals surface area contributed by atoms with Crippen LogP contribution in [-0.2, 0) is 16.1 Å². The van der Waals surface area contributed by atoms with Gasteiger partial charge >= 0.3 is 5.97 Å². The normalized spacial score (nSPS) is 10.1. The minimum absolute atomic E-state index is 0.190. The van der Waals surface area contributed by atoms with E-state index in [0.717, 1.165) is 18.2 Å². The lowest BCUT2D eigenvalue weighted by atomic mass is 10.2. The maximum atomic E-state index is 12.9. The Hall–Kier alpha value is -2.02. The van der Waals surface area contributed by atoms with Gasteiger partial charge in [-0.3, -0.25) is 10.1 Å². The molecule has 1 aromatic carbocycles. The fourth-order valence-corrected chi connectivity index (χ4v) is 1.08. The van der Waals surface area contributed by atoms with Gasteiger partial charge in [-0.05, 0) is 11.6 Å². The van der Waals surface area contributed by atoms with Crippen LogP contribution in [-0.4, -0.2) is 22.6 Å². The van der Waals surface area contributed by atoms with Crippen molar-refractivity contribution in [3.8, 4) is 0 Å². The standard InChI is InChI=1S/C9H8FNO5/c10-7-1-6(4-16-5-9(12)13)2-8(3-7)11(14)15/h1-3H,4-5H2,(H,12,13). The van der Waals surface area contributed by atoms with E-state index in [9.17, 15) is 19.3 Å². The van der Waals surface area contributed by atoms with Gasteiger partial charge in [0.15, 0.2) is 0 Å². The van der Waals surface area contributed by atoms with E-state index in [-0.39, 0.29) is 12.2 Å². The number of non-ortho nitro benzene ring substituents is 1. The van der Waals surface area contributed by atoms with E-state index in [1.54, 1.807) is 0 Å². The molecular weight excluding hydrogens is 221 g/mol. The van der Waals surface area contributed by atoms with Gasteiger partial charge in [-0.25, -0.2) is 9.18 Å². The summed E-state index contributed by atoms with van der Waals surface area (Å²) in [5, 5.41) is 18.7. The van der Waals surface area contributed by atoms with Gasteiger partial charge in [-0.15, -0.1) is 0 Å². The summed E-state index contributed by atoms with van der Waals surface area (Å²) in [5.74, 6) is -1.92. The average Bonchev–Trinajstić information content (AvgIpc) is 2.16. The maximum Gasteiger partial charge on any atom is 0.329 e. The van der Waals surface area contributed by atoms with Crippen molar-refractivity contribution in [2.24, 2.45) is 0 Å². The Labute approximate surface area is 89.4 Å². The van der Waals surface area contributed by atoms with Gasteiger partial charge in [0.25, 0.3) is 5.69 Å². The van der Waals surface area contributed by atoms with Crippen LogP contribution in [0, 0.1) is 15.9 Å². The molecule has 0 fully saturated rings. The van der Waals surface area contributed by atoms with Crippen LogP contribution in [0.25, 0.3) is 0 Å². The molecule has 0 atom stereocenters. The Morgan fingerprint density at radius 1 is 1.50 bits per heavy atom. The fraction of sp³-hybridized carbons (Fsp3) is 0.222. The predicted octanol–water partition coefficient (Wildman–Crippen LogP) is 1.34. The van der Waals surface area contributed by atoms with Crippen LogP contribution in [0.5, 0.6) is 0 Å². The molecule has 0 radical (unpaired) electrons. The van der Waals surface area contributed by atoms with Gasteiger partial charge in [0, 0.05) is 6.07 Å². The molecule has 0 aromatic heterocycles. The summed E-state index contributed by atoms with van der Waals surface area (Å²) in [7, 11) is 0. The molecule has 6 nitrogen and oxygen atoms in total. The number of hydrogen-bond donors (Lipinski definition) is 1.